The number of hydrogen-bond donors (Lipinski definition) is 1. The van der Waals surface area contributed by atoms with Crippen molar-refractivity contribution in [3.05, 3.63) is 23.9 Å². The summed E-state index contributed by atoms with van der Waals surface area (Å²) in [5, 5.41) is 8.68. The van der Waals surface area contributed by atoms with Crippen molar-refractivity contribution in [1.82, 2.24) is 4.98 Å². The summed E-state index contributed by atoms with van der Waals surface area (Å²) in [6, 6.07) is 3.26. The van der Waals surface area contributed by atoms with Crippen LogP contribution in [0.25, 0.3) is 0 Å². The van der Waals surface area contributed by atoms with Gasteiger partial charge in [0.15, 0.2) is 0 Å². The van der Waals surface area contributed by atoms with Crippen LogP contribution in [0.2, 0.25) is 0 Å². The minimum absolute atomic E-state index is 0.176. The van der Waals surface area contributed by atoms with Gasteiger partial charge in [0.2, 0.25) is 11.8 Å². The van der Waals surface area contributed by atoms with Crippen LogP contribution < -0.4 is 4.90 Å². The Kier molecular flexibility index (Phi) is 2.66. The van der Waals surface area contributed by atoms with Gasteiger partial charge in [-0.3, -0.25) is 9.59 Å². The molecule has 1 aromatic rings. The highest BCUT2D eigenvalue weighted by molar-refractivity contribution is 6.25. The molecule has 5 heteroatoms. The first-order chi connectivity index (χ1) is 9.48. The number of imide groups is 1. The van der Waals surface area contributed by atoms with Crippen LogP contribution >= 0.6 is 0 Å². The number of piperidine rings is 1. The molecule has 2 aliphatic rings. The fraction of sp³-hybridized carbons (Fsp3) is 0.400. The third-order valence-corrected chi connectivity index (χ3v) is 4.09. The van der Waals surface area contributed by atoms with E-state index in [2.05, 4.69) is 16.8 Å². The Morgan fingerprint density at radius 1 is 1.35 bits per heavy atom. The van der Waals surface area contributed by atoms with Crippen LogP contribution in [0.4, 0.5) is 5.82 Å². The van der Waals surface area contributed by atoms with Crippen molar-refractivity contribution >= 4 is 17.6 Å². The predicted molar refractivity (Wildman–Crippen MR) is 71.5 cm³/mol. The van der Waals surface area contributed by atoms with E-state index in [-0.39, 0.29) is 35.7 Å². The number of aromatic nitrogens is 1. The van der Waals surface area contributed by atoms with Gasteiger partial charge in [-0.2, -0.15) is 0 Å². The topological polar surface area (TPSA) is 70.5 Å². The molecule has 1 N–H and O–H groups in total. The van der Waals surface area contributed by atoms with E-state index in [1.165, 1.54) is 6.20 Å². The maximum atomic E-state index is 12.3. The normalized spacial score (nSPS) is 26.1. The Morgan fingerprint density at radius 3 is 2.60 bits per heavy atom. The van der Waals surface area contributed by atoms with Crippen LogP contribution in [-0.4, -0.2) is 28.5 Å². The molecular weight excluding hydrogens is 256 g/mol. The molecule has 0 aromatic carbocycles. The minimum Gasteiger partial charge on any atom is -0.384 e. The SMILES string of the molecule is CC1(C)C2C(=O)N(c3cc(C#CCO)ccn3)C(=O)C21. The van der Waals surface area contributed by atoms with Gasteiger partial charge in [-0.15, -0.1) is 0 Å². The number of aliphatic hydroxyl groups is 1. The highest BCUT2D eigenvalue weighted by atomic mass is 16.2. The largest absolute Gasteiger partial charge is 0.384 e. The summed E-state index contributed by atoms with van der Waals surface area (Å²) in [6.07, 6.45) is 1.51. The molecule has 1 saturated carbocycles. The van der Waals surface area contributed by atoms with Gasteiger partial charge < -0.3 is 5.11 Å². The molecule has 0 radical (unpaired) electrons. The predicted octanol–water partition coefficient (Wildman–Crippen LogP) is 0.571. The lowest BCUT2D eigenvalue weighted by molar-refractivity contribution is -0.125. The Balaban J connectivity index is 1.92. The summed E-state index contributed by atoms with van der Waals surface area (Å²) in [4.78, 5) is 29.8. The van der Waals surface area contributed by atoms with Crippen LogP contribution in [0.5, 0.6) is 0 Å². The van der Waals surface area contributed by atoms with Gasteiger partial charge in [0, 0.05) is 11.8 Å². The van der Waals surface area contributed by atoms with E-state index in [0.717, 1.165) is 4.90 Å². The van der Waals surface area contributed by atoms with E-state index in [4.69, 9.17) is 5.11 Å². The summed E-state index contributed by atoms with van der Waals surface area (Å²) >= 11 is 0. The fourth-order valence-electron chi connectivity index (χ4n) is 2.93. The highest BCUT2D eigenvalue weighted by Crippen LogP contribution is 2.63. The number of pyridine rings is 1. The Hall–Kier alpha value is -2.19. The molecular formula is C15H14N2O3. The third-order valence-electron chi connectivity index (χ3n) is 4.09. The number of fused-ring (bicyclic) bond motifs is 1. The molecule has 20 heavy (non-hydrogen) atoms. The summed E-state index contributed by atoms with van der Waals surface area (Å²) < 4.78 is 0. The summed E-state index contributed by atoms with van der Waals surface area (Å²) in [5.74, 6) is 4.79. The van der Waals surface area contributed by atoms with Gasteiger partial charge in [-0.1, -0.05) is 25.7 Å². The first kappa shape index (κ1) is 12.8. The molecule has 0 bridgehead atoms. The summed E-state index contributed by atoms with van der Waals surface area (Å²) in [6.45, 7) is 3.63. The zero-order chi connectivity index (χ0) is 14.5. The molecule has 2 unspecified atom stereocenters. The van der Waals surface area contributed by atoms with E-state index in [1.54, 1.807) is 12.1 Å². The maximum absolute atomic E-state index is 12.3. The Labute approximate surface area is 116 Å². The standard InChI is InChI=1S/C15H14N2O3/c1-15(2)11-12(15)14(20)17(13(11)19)10-8-9(4-3-7-18)5-6-16-10/h5-6,8,11-12,18H,7H2,1-2H3. The number of hydrogen-bond acceptors (Lipinski definition) is 4. The van der Waals surface area contributed by atoms with E-state index in [0.29, 0.717) is 11.4 Å². The number of anilines is 1. The molecule has 2 heterocycles. The van der Waals surface area contributed by atoms with Crippen molar-refractivity contribution in [2.24, 2.45) is 17.3 Å². The summed E-state index contributed by atoms with van der Waals surface area (Å²) in [5.41, 5.74) is 0.392. The Morgan fingerprint density at radius 2 is 2.00 bits per heavy atom. The second-order valence-electron chi connectivity index (χ2n) is 5.65. The first-order valence-corrected chi connectivity index (χ1v) is 6.42. The fourth-order valence-corrected chi connectivity index (χ4v) is 2.93. The molecule has 2 fully saturated rings. The zero-order valence-electron chi connectivity index (χ0n) is 11.3. The van der Waals surface area contributed by atoms with E-state index in [9.17, 15) is 9.59 Å². The zero-order valence-corrected chi connectivity index (χ0v) is 11.3. The van der Waals surface area contributed by atoms with Crippen LogP contribution in [-0.2, 0) is 9.59 Å². The van der Waals surface area contributed by atoms with Crippen LogP contribution in [0, 0.1) is 29.1 Å². The molecule has 102 valence electrons. The Bertz CT molecular complexity index is 645. The second-order valence-corrected chi connectivity index (χ2v) is 5.65. The number of amides is 2. The first-order valence-electron chi connectivity index (χ1n) is 6.42. The lowest BCUT2D eigenvalue weighted by Crippen LogP contribution is -2.36. The van der Waals surface area contributed by atoms with Gasteiger partial charge >= 0.3 is 0 Å². The molecule has 1 aromatic heterocycles. The molecule has 2 atom stereocenters. The van der Waals surface area contributed by atoms with E-state index >= 15 is 0 Å². The van der Waals surface area contributed by atoms with E-state index in [1.807, 2.05) is 13.8 Å². The van der Waals surface area contributed by atoms with Crippen molar-refractivity contribution < 1.29 is 14.7 Å². The van der Waals surface area contributed by atoms with Crippen molar-refractivity contribution in [3.8, 4) is 11.8 Å². The number of rotatable bonds is 1. The lowest BCUT2D eigenvalue weighted by atomic mass is 10.1. The lowest BCUT2D eigenvalue weighted by Gasteiger charge is -2.19. The van der Waals surface area contributed by atoms with Crippen LogP contribution in [0.1, 0.15) is 19.4 Å². The van der Waals surface area contributed by atoms with Gasteiger partial charge in [-0.05, 0) is 17.5 Å². The average molecular weight is 270 g/mol. The second kappa shape index (κ2) is 4.15. The molecule has 1 aliphatic carbocycles. The van der Waals surface area contributed by atoms with Gasteiger partial charge in [0.25, 0.3) is 0 Å². The average Bonchev–Trinajstić information content (AvgIpc) is 2.87. The van der Waals surface area contributed by atoms with Gasteiger partial charge in [0.05, 0.1) is 11.8 Å². The van der Waals surface area contributed by atoms with Crippen molar-refractivity contribution in [3.63, 3.8) is 0 Å². The van der Waals surface area contributed by atoms with Gasteiger partial charge in [-0.25, -0.2) is 9.88 Å². The molecule has 3 rings (SSSR count). The number of aliphatic hydroxyl groups excluding tert-OH is 1. The smallest absolute Gasteiger partial charge is 0.239 e. The molecule has 2 amide bonds. The highest BCUT2D eigenvalue weighted by Gasteiger charge is 2.72. The molecule has 0 spiro atoms. The van der Waals surface area contributed by atoms with E-state index < -0.39 is 0 Å². The minimum atomic E-state index is -0.239. The summed E-state index contributed by atoms with van der Waals surface area (Å²) in [7, 11) is 0. The van der Waals surface area contributed by atoms with Gasteiger partial charge in [0.1, 0.15) is 12.4 Å². The van der Waals surface area contributed by atoms with Crippen molar-refractivity contribution in [1.29, 1.82) is 0 Å². The number of carbonyl (C=O) groups is 2. The maximum Gasteiger partial charge on any atom is 0.239 e. The number of carbonyl (C=O) groups excluding carboxylic acids is 2. The molecule has 1 saturated heterocycles. The quantitative estimate of drug-likeness (QED) is 0.598. The third kappa shape index (κ3) is 1.65. The molecule has 1 aliphatic heterocycles. The van der Waals surface area contributed by atoms with Crippen molar-refractivity contribution in [2.45, 2.75) is 13.8 Å². The van der Waals surface area contributed by atoms with Crippen LogP contribution in [0.3, 0.4) is 0 Å². The van der Waals surface area contributed by atoms with Crippen molar-refractivity contribution in [2.75, 3.05) is 11.5 Å². The monoisotopic (exact) mass is 270 g/mol. The number of nitrogens with zero attached hydrogens (tertiary/aromatic N) is 2. The molecule has 5 nitrogen and oxygen atoms in total. The van der Waals surface area contributed by atoms with Crippen LogP contribution in [0.15, 0.2) is 18.3 Å².